The van der Waals surface area contributed by atoms with Gasteiger partial charge in [0.25, 0.3) is 11.8 Å². The highest BCUT2D eigenvalue weighted by molar-refractivity contribution is 6.33. The number of amides is 4. The molecule has 1 unspecified atom stereocenters. The number of nitrogens with zero attached hydrogens (tertiary/aromatic N) is 2. The number of carbonyl (C=O) groups is 4. The van der Waals surface area contributed by atoms with E-state index in [1.54, 1.807) is 42.5 Å². The Labute approximate surface area is 177 Å². The zero-order valence-electron chi connectivity index (χ0n) is 16.1. The molecule has 1 fully saturated rings. The van der Waals surface area contributed by atoms with E-state index in [1.807, 2.05) is 4.90 Å². The summed E-state index contributed by atoms with van der Waals surface area (Å²) in [5, 5.41) is 5.84. The van der Waals surface area contributed by atoms with Crippen LogP contribution in [0.5, 0.6) is 0 Å². The second kappa shape index (κ2) is 7.79. The predicted molar refractivity (Wildman–Crippen MR) is 112 cm³/mol. The molecule has 30 heavy (non-hydrogen) atoms. The van der Waals surface area contributed by atoms with Crippen LogP contribution >= 0.6 is 11.6 Å². The van der Waals surface area contributed by atoms with Crippen molar-refractivity contribution in [1.29, 1.82) is 0 Å². The van der Waals surface area contributed by atoms with Gasteiger partial charge in [0.15, 0.2) is 0 Å². The summed E-state index contributed by atoms with van der Waals surface area (Å²) >= 11 is 6.36. The zero-order chi connectivity index (χ0) is 21.4. The van der Waals surface area contributed by atoms with Crippen molar-refractivity contribution in [2.24, 2.45) is 0 Å². The third kappa shape index (κ3) is 3.50. The zero-order valence-corrected chi connectivity index (χ0v) is 16.9. The third-order valence-electron chi connectivity index (χ3n) is 5.19. The van der Waals surface area contributed by atoms with Gasteiger partial charge >= 0.3 is 0 Å². The standard InChI is InChI=1S/C21H19ClN4O4/c1-12(26-20(29)14-4-2-3-5-15(14)21(26)30)19(28)24-13-6-7-17(16(22)10-13)25-9-8-23-18(27)11-25/h2-7,10,12H,8-9,11H2,1H3,(H,23,27)(H,24,28). The summed E-state index contributed by atoms with van der Waals surface area (Å²) in [6.45, 7) is 2.88. The topological polar surface area (TPSA) is 98.8 Å². The highest BCUT2D eigenvalue weighted by Crippen LogP contribution is 2.30. The maximum Gasteiger partial charge on any atom is 0.262 e. The van der Waals surface area contributed by atoms with E-state index in [2.05, 4.69) is 10.6 Å². The van der Waals surface area contributed by atoms with Gasteiger partial charge in [-0.2, -0.15) is 0 Å². The van der Waals surface area contributed by atoms with Crippen molar-refractivity contribution in [2.75, 3.05) is 29.9 Å². The smallest absolute Gasteiger partial charge is 0.262 e. The van der Waals surface area contributed by atoms with E-state index in [0.29, 0.717) is 40.6 Å². The maximum atomic E-state index is 12.7. The molecule has 9 heteroatoms. The summed E-state index contributed by atoms with van der Waals surface area (Å²) in [7, 11) is 0. The number of anilines is 2. The summed E-state index contributed by atoms with van der Waals surface area (Å²) in [5.41, 5.74) is 1.71. The number of fused-ring (bicyclic) bond motifs is 1. The van der Waals surface area contributed by atoms with Gasteiger partial charge in [0.1, 0.15) is 6.04 Å². The van der Waals surface area contributed by atoms with Crippen LogP contribution in [0.15, 0.2) is 42.5 Å². The molecule has 0 aromatic heterocycles. The van der Waals surface area contributed by atoms with E-state index in [4.69, 9.17) is 11.6 Å². The number of benzene rings is 2. The minimum absolute atomic E-state index is 0.0792. The largest absolute Gasteiger partial charge is 0.359 e. The van der Waals surface area contributed by atoms with Crippen LogP contribution in [0.4, 0.5) is 11.4 Å². The lowest BCUT2D eigenvalue weighted by molar-refractivity contribution is -0.120. The highest BCUT2D eigenvalue weighted by Gasteiger charge is 2.40. The minimum Gasteiger partial charge on any atom is -0.359 e. The lowest BCUT2D eigenvalue weighted by Gasteiger charge is -2.29. The van der Waals surface area contributed by atoms with Crippen LogP contribution in [0.2, 0.25) is 5.02 Å². The molecule has 2 heterocycles. The van der Waals surface area contributed by atoms with Crippen LogP contribution in [0.1, 0.15) is 27.6 Å². The number of carbonyl (C=O) groups excluding carboxylic acids is 4. The van der Waals surface area contributed by atoms with Crippen LogP contribution in [0, 0.1) is 0 Å². The number of hydrogen-bond donors (Lipinski definition) is 2. The van der Waals surface area contributed by atoms with Crippen molar-refractivity contribution in [3.05, 3.63) is 58.6 Å². The summed E-state index contributed by atoms with van der Waals surface area (Å²) in [4.78, 5) is 52.3. The summed E-state index contributed by atoms with van der Waals surface area (Å²) in [6.07, 6.45) is 0. The van der Waals surface area contributed by atoms with Crippen molar-refractivity contribution in [3.63, 3.8) is 0 Å². The van der Waals surface area contributed by atoms with Gasteiger partial charge in [0.2, 0.25) is 11.8 Å². The van der Waals surface area contributed by atoms with E-state index in [9.17, 15) is 19.2 Å². The van der Waals surface area contributed by atoms with Crippen LogP contribution in [-0.4, -0.2) is 54.2 Å². The summed E-state index contributed by atoms with van der Waals surface area (Å²) in [6, 6.07) is 10.5. The van der Waals surface area contributed by atoms with E-state index in [0.717, 1.165) is 4.90 Å². The second-order valence-corrected chi connectivity index (χ2v) is 7.54. The van der Waals surface area contributed by atoms with Gasteiger partial charge in [-0.3, -0.25) is 24.1 Å². The van der Waals surface area contributed by atoms with Crippen molar-refractivity contribution >= 4 is 46.6 Å². The van der Waals surface area contributed by atoms with Crippen LogP contribution in [0.25, 0.3) is 0 Å². The Morgan fingerprint density at radius 1 is 1.10 bits per heavy atom. The Morgan fingerprint density at radius 2 is 1.77 bits per heavy atom. The van der Waals surface area contributed by atoms with E-state index < -0.39 is 23.8 Å². The first kappa shape index (κ1) is 19.9. The Balaban J connectivity index is 1.48. The molecule has 2 aromatic carbocycles. The normalized spacial score (nSPS) is 16.9. The lowest BCUT2D eigenvalue weighted by Crippen LogP contribution is -2.47. The van der Waals surface area contributed by atoms with Gasteiger partial charge in [-0.15, -0.1) is 0 Å². The van der Waals surface area contributed by atoms with Crippen LogP contribution in [0.3, 0.4) is 0 Å². The first-order valence-corrected chi connectivity index (χ1v) is 9.83. The van der Waals surface area contributed by atoms with E-state index in [1.165, 1.54) is 6.92 Å². The molecular formula is C21H19ClN4O4. The third-order valence-corrected chi connectivity index (χ3v) is 5.49. The second-order valence-electron chi connectivity index (χ2n) is 7.13. The predicted octanol–water partition coefficient (Wildman–Crippen LogP) is 1.90. The average molecular weight is 427 g/mol. The Bertz CT molecular complexity index is 1040. The Hall–Kier alpha value is -3.39. The summed E-state index contributed by atoms with van der Waals surface area (Å²) in [5.74, 6) is -1.57. The minimum atomic E-state index is -0.998. The highest BCUT2D eigenvalue weighted by atomic mass is 35.5. The first-order valence-electron chi connectivity index (χ1n) is 9.46. The fourth-order valence-corrected chi connectivity index (χ4v) is 3.91. The van der Waals surface area contributed by atoms with Crippen molar-refractivity contribution in [2.45, 2.75) is 13.0 Å². The van der Waals surface area contributed by atoms with Crippen molar-refractivity contribution in [3.8, 4) is 0 Å². The number of nitrogens with one attached hydrogen (secondary N) is 2. The fourth-order valence-electron chi connectivity index (χ4n) is 3.61. The number of hydrogen-bond acceptors (Lipinski definition) is 5. The van der Waals surface area contributed by atoms with Crippen LogP contribution < -0.4 is 15.5 Å². The molecule has 4 rings (SSSR count). The number of imide groups is 1. The van der Waals surface area contributed by atoms with Gasteiger partial charge in [-0.1, -0.05) is 23.7 Å². The van der Waals surface area contributed by atoms with Gasteiger partial charge in [0, 0.05) is 18.8 Å². The van der Waals surface area contributed by atoms with Crippen molar-refractivity contribution in [1.82, 2.24) is 10.2 Å². The summed E-state index contributed by atoms with van der Waals surface area (Å²) < 4.78 is 0. The number of rotatable bonds is 4. The lowest BCUT2D eigenvalue weighted by atomic mass is 10.1. The Kier molecular flexibility index (Phi) is 5.17. The molecule has 0 spiro atoms. The first-order chi connectivity index (χ1) is 14.4. The SMILES string of the molecule is CC(C(=O)Nc1ccc(N2CCNC(=O)C2)c(Cl)c1)N1C(=O)c2ccccc2C1=O. The van der Waals surface area contributed by atoms with Gasteiger partial charge in [-0.05, 0) is 37.3 Å². The molecule has 0 bridgehead atoms. The van der Waals surface area contributed by atoms with Gasteiger partial charge in [0.05, 0.1) is 28.4 Å². The molecule has 2 aliphatic rings. The molecule has 154 valence electrons. The number of piperazine rings is 1. The molecule has 0 aliphatic carbocycles. The van der Waals surface area contributed by atoms with Gasteiger partial charge in [-0.25, -0.2) is 0 Å². The molecule has 8 nitrogen and oxygen atoms in total. The molecule has 0 saturated carbocycles. The molecule has 0 radical (unpaired) electrons. The fraction of sp³-hybridized carbons (Fsp3) is 0.238. The van der Waals surface area contributed by atoms with Crippen molar-refractivity contribution < 1.29 is 19.2 Å². The monoisotopic (exact) mass is 426 g/mol. The Morgan fingerprint density at radius 3 is 2.37 bits per heavy atom. The quantitative estimate of drug-likeness (QED) is 0.727. The molecular weight excluding hydrogens is 408 g/mol. The molecule has 1 atom stereocenters. The molecule has 2 aromatic rings. The van der Waals surface area contributed by atoms with E-state index >= 15 is 0 Å². The number of halogens is 1. The molecule has 4 amide bonds. The molecule has 1 saturated heterocycles. The molecule has 2 aliphatic heterocycles. The van der Waals surface area contributed by atoms with Crippen LogP contribution in [-0.2, 0) is 9.59 Å². The van der Waals surface area contributed by atoms with E-state index in [-0.39, 0.29) is 12.5 Å². The average Bonchev–Trinajstić information content (AvgIpc) is 2.98. The molecule has 2 N–H and O–H groups in total. The maximum absolute atomic E-state index is 12.7. The van der Waals surface area contributed by atoms with Gasteiger partial charge < -0.3 is 15.5 Å².